The van der Waals surface area contributed by atoms with Gasteiger partial charge in [-0.2, -0.15) is 0 Å². The molecule has 1 saturated heterocycles. The monoisotopic (exact) mass is 425 g/mol. The van der Waals surface area contributed by atoms with Gasteiger partial charge in [0.15, 0.2) is 0 Å². The molecule has 6 nitrogen and oxygen atoms in total. The van der Waals surface area contributed by atoms with E-state index in [1.807, 2.05) is 31.2 Å². The van der Waals surface area contributed by atoms with Crippen molar-refractivity contribution < 1.29 is 18.8 Å². The van der Waals surface area contributed by atoms with Crippen LogP contribution in [0.3, 0.4) is 0 Å². The second-order valence-electron chi connectivity index (χ2n) is 8.03. The number of hydrogen-bond donors (Lipinski definition) is 2. The number of carbonyl (C=O) groups is 3. The summed E-state index contributed by atoms with van der Waals surface area (Å²) >= 11 is 0. The molecule has 7 heteroatoms. The van der Waals surface area contributed by atoms with E-state index in [1.54, 1.807) is 17.0 Å². The first-order valence-corrected chi connectivity index (χ1v) is 10.5. The van der Waals surface area contributed by atoms with Crippen LogP contribution in [0.15, 0.2) is 48.5 Å². The summed E-state index contributed by atoms with van der Waals surface area (Å²) in [5.41, 5.74) is 2.47. The molecule has 1 unspecified atom stereocenters. The zero-order valence-corrected chi connectivity index (χ0v) is 17.9. The highest BCUT2D eigenvalue weighted by Gasteiger charge is 2.27. The van der Waals surface area contributed by atoms with Gasteiger partial charge in [0, 0.05) is 38.0 Å². The van der Waals surface area contributed by atoms with Gasteiger partial charge in [-0.1, -0.05) is 29.8 Å². The Bertz CT molecular complexity index is 937. The minimum Gasteiger partial charge on any atom is -0.351 e. The molecule has 0 bridgehead atoms. The third-order valence-corrected chi connectivity index (χ3v) is 5.44. The lowest BCUT2D eigenvalue weighted by atomic mass is 10.0. The molecule has 0 radical (unpaired) electrons. The highest BCUT2D eigenvalue weighted by atomic mass is 19.1. The van der Waals surface area contributed by atoms with Crippen LogP contribution in [0.5, 0.6) is 0 Å². The standard InChI is InChI=1S/C24H28FN3O3/c1-16-4-3-5-19(14-16)24(31)28-12-10-21(11-13-28)27-23(30)22(26-17(2)29)15-18-6-8-20(25)9-7-18/h3-9,14,21-22H,10-13,15H2,1-2H3,(H,26,29)(H,27,30). The number of piperidine rings is 1. The van der Waals surface area contributed by atoms with Crippen molar-refractivity contribution >= 4 is 17.7 Å². The number of hydrogen-bond acceptors (Lipinski definition) is 3. The number of rotatable bonds is 6. The zero-order valence-electron chi connectivity index (χ0n) is 17.9. The van der Waals surface area contributed by atoms with Crippen LogP contribution >= 0.6 is 0 Å². The number of carbonyl (C=O) groups excluding carboxylic acids is 3. The molecule has 0 aliphatic carbocycles. The number of benzene rings is 2. The van der Waals surface area contributed by atoms with Crippen LogP contribution in [0, 0.1) is 12.7 Å². The average Bonchev–Trinajstić information content (AvgIpc) is 2.74. The van der Waals surface area contributed by atoms with Crippen LogP contribution in [0.1, 0.15) is 41.3 Å². The summed E-state index contributed by atoms with van der Waals surface area (Å²) in [6.45, 7) is 4.43. The van der Waals surface area contributed by atoms with E-state index in [0.717, 1.165) is 11.1 Å². The van der Waals surface area contributed by atoms with E-state index in [4.69, 9.17) is 0 Å². The summed E-state index contributed by atoms with van der Waals surface area (Å²) in [5, 5.41) is 5.68. The molecule has 1 aliphatic heterocycles. The van der Waals surface area contributed by atoms with Gasteiger partial charge in [0.1, 0.15) is 11.9 Å². The van der Waals surface area contributed by atoms with Crippen LogP contribution in [-0.2, 0) is 16.0 Å². The summed E-state index contributed by atoms with van der Waals surface area (Å²) in [5.74, 6) is -0.930. The molecule has 1 fully saturated rings. The summed E-state index contributed by atoms with van der Waals surface area (Å²) in [7, 11) is 0. The van der Waals surface area contributed by atoms with Gasteiger partial charge < -0.3 is 15.5 Å². The maximum absolute atomic E-state index is 13.1. The van der Waals surface area contributed by atoms with Crippen molar-refractivity contribution in [3.8, 4) is 0 Å². The number of halogens is 1. The molecule has 3 amide bonds. The van der Waals surface area contributed by atoms with Crippen molar-refractivity contribution in [3.05, 3.63) is 71.0 Å². The molecular weight excluding hydrogens is 397 g/mol. The Balaban J connectivity index is 1.55. The molecule has 1 heterocycles. The van der Waals surface area contributed by atoms with E-state index < -0.39 is 6.04 Å². The van der Waals surface area contributed by atoms with Crippen LogP contribution in [0.25, 0.3) is 0 Å². The Kier molecular flexibility index (Phi) is 7.39. The summed E-state index contributed by atoms with van der Waals surface area (Å²) in [6.07, 6.45) is 1.57. The predicted molar refractivity (Wildman–Crippen MR) is 116 cm³/mol. The summed E-state index contributed by atoms with van der Waals surface area (Å²) in [6, 6.07) is 12.6. The van der Waals surface area contributed by atoms with Crippen LogP contribution in [0.4, 0.5) is 4.39 Å². The van der Waals surface area contributed by atoms with E-state index in [1.165, 1.54) is 19.1 Å². The van der Waals surface area contributed by atoms with E-state index in [9.17, 15) is 18.8 Å². The van der Waals surface area contributed by atoms with Gasteiger partial charge in [-0.3, -0.25) is 14.4 Å². The lowest BCUT2D eigenvalue weighted by Crippen LogP contribution is -2.53. The number of likely N-dealkylation sites (tertiary alicyclic amines) is 1. The molecular formula is C24H28FN3O3. The minimum atomic E-state index is -0.741. The Morgan fingerprint density at radius 2 is 1.77 bits per heavy atom. The fourth-order valence-corrected chi connectivity index (χ4v) is 3.80. The number of aryl methyl sites for hydroxylation is 1. The largest absolute Gasteiger partial charge is 0.351 e. The zero-order chi connectivity index (χ0) is 22.4. The topological polar surface area (TPSA) is 78.5 Å². The van der Waals surface area contributed by atoms with Gasteiger partial charge in [-0.25, -0.2) is 4.39 Å². The normalized spacial score (nSPS) is 15.3. The molecule has 1 atom stereocenters. The molecule has 164 valence electrons. The van der Waals surface area contributed by atoms with Crippen molar-refractivity contribution in [1.29, 1.82) is 0 Å². The second kappa shape index (κ2) is 10.2. The smallest absolute Gasteiger partial charge is 0.253 e. The maximum atomic E-state index is 13.1. The van der Waals surface area contributed by atoms with E-state index in [-0.39, 0.29) is 36.0 Å². The van der Waals surface area contributed by atoms with E-state index in [2.05, 4.69) is 10.6 Å². The third-order valence-electron chi connectivity index (χ3n) is 5.44. The van der Waals surface area contributed by atoms with Gasteiger partial charge in [0.25, 0.3) is 5.91 Å². The maximum Gasteiger partial charge on any atom is 0.253 e. The predicted octanol–water partition coefficient (Wildman–Crippen LogP) is 2.60. The van der Waals surface area contributed by atoms with Gasteiger partial charge in [0.05, 0.1) is 0 Å². The highest BCUT2D eigenvalue weighted by Crippen LogP contribution is 2.15. The molecule has 0 saturated carbocycles. The molecule has 3 rings (SSSR count). The lowest BCUT2D eigenvalue weighted by molar-refractivity contribution is -0.128. The Labute approximate surface area is 181 Å². The summed E-state index contributed by atoms with van der Waals surface area (Å²) in [4.78, 5) is 38.9. The number of amides is 3. The Morgan fingerprint density at radius 3 is 2.39 bits per heavy atom. The van der Waals surface area contributed by atoms with Crippen molar-refractivity contribution in [2.24, 2.45) is 0 Å². The van der Waals surface area contributed by atoms with E-state index >= 15 is 0 Å². The molecule has 2 N–H and O–H groups in total. The fourth-order valence-electron chi connectivity index (χ4n) is 3.80. The SMILES string of the molecule is CC(=O)NC(Cc1ccc(F)cc1)C(=O)NC1CCN(C(=O)c2cccc(C)c2)CC1. The van der Waals surface area contributed by atoms with E-state index in [0.29, 0.717) is 31.5 Å². The lowest BCUT2D eigenvalue weighted by Gasteiger charge is -2.33. The molecule has 1 aliphatic rings. The molecule has 31 heavy (non-hydrogen) atoms. The van der Waals surface area contributed by atoms with Crippen LogP contribution < -0.4 is 10.6 Å². The molecule has 2 aromatic rings. The minimum absolute atomic E-state index is 0.000842. The summed E-state index contributed by atoms with van der Waals surface area (Å²) < 4.78 is 13.1. The second-order valence-corrected chi connectivity index (χ2v) is 8.03. The van der Waals surface area contributed by atoms with Gasteiger partial charge in [-0.05, 0) is 49.6 Å². The Morgan fingerprint density at radius 1 is 1.10 bits per heavy atom. The van der Waals surface area contributed by atoms with Crippen molar-refractivity contribution in [3.63, 3.8) is 0 Å². The van der Waals surface area contributed by atoms with Crippen molar-refractivity contribution in [2.45, 2.75) is 45.2 Å². The number of nitrogens with one attached hydrogen (secondary N) is 2. The fraction of sp³-hybridized carbons (Fsp3) is 0.375. The molecule has 2 aromatic carbocycles. The average molecular weight is 426 g/mol. The third kappa shape index (κ3) is 6.38. The molecule has 0 aromatic heterocycles. The van der Waals surface area contributed by atoms with Gasteiger partial charge >= 0.3 is 0 Å². The first kappa shape index (κ1) is 22.5. The van der Waals surface area contributed by atoms with Crippen LogP contribution in [-0.4, -0.2) is 47.8 Å². The Hall–Kier alpha value is -3.22. The van der Waals surface area contributed by atoms with Crippen molar-refractivity contribution in [1.82, 2.24) is 15.5 Å². The quantitative estimate of drug-likeness (QED) is 0.747. The number of nitrogens with zero attached hydrogens (tertiary/aromatic N) is 1. The molecule has 0 spiro atoms. The van der Waals surface area contributed by atoms with Crippen LogP contribution in [0.2, 0.25) is 0 Å². The van der Waals surface area contributed by atoms with Gasteiger partial charge in [0.2, 0.25) is 11.8 Å². The highest BCUT2D eigenvalue weighted by molar-refractivity contribution is 5.94. The first-order valence-electron chi connectivity index (χ1n) is 10.5. The first-order chi connectivity index (χ1) is 14.8. The van der Waals surface area contributed by atoms with Crippen molar-refractivity contribution in [2.75, 3.05) is 13.1 Å². The van der Waals surface area contributed by atoms with Gasteiger partial charge in [-0.15, -0.1) is 0 Å².